The number of halogens is 1. The van der Waals surface area contributed by atoms with Crippen LogP contribution in [0.25, 0.3) is 11.0 Å². The smallest absolute Gasteiger partial charge is 0.219 e. The molecule has 1 N–H and O–H groups in total. The second-order valence-corrected chi connectivity index (χ2v) is 10.6. The number of carbonyl (C=O) groups is 1. The van der Waals surface area contributed by atoms with Crippen LogP contribution in [-0.2, 0) is 24.2 Å². The maximum absolute atomic E-state index is 13.5. The Hall–Kier alpha value is -2.22. The average molecular weight is 471 g/mol. The van der Waals surface area contributed by atoms with E-state index in [1.54, 1.807) is 24.5 Å². The first-order valence-electron chi connectivity index (χ1n) is 11.9. The van der Waals surface area contributed by atoms with Crippen LogP contribution in [0.15, 0.2) is 28.9 Å². The van der Waals surface area contributed by atoms with Gasteiger partial charge in [-0.1, -0.05) is 0 Å². The molecule has 0 aliphatic carbocycles. The summed E-state index contributed by atoms with van der Waals surface area (Å²) in [4.78, 5) is 18.7. The van der Waals surface area contributed by atoms with Gasteiger partial charge < -0.3 is 19.3 Å². The fourth-order valence-corrected chi connectivity index (χ4v) is 6.94. The lowest BCUT2D eigenvalue weighted by molar-refractivity contribution is -0.129. The molecule has 2 aliphatic rings. The van der Waals surface area contributed by atoms with E-state index in [4.69, 9.17) is 4.42 Å². The number of hydrogen-bond acceptors (Lipinski definition) is 5. The predicted octanol–water partition coefficient (Wildman–Crippen LogP) is 5.01. The second kappa shape index (κ2) is 9.20. The second-order valence-electron chi connectivity index (χ2n) is 9.40. The molecule has 0 saturated carbocycles. The highest BCUT2D eigenvalue weighted by Gasteiger charge is 2.28. The number of hydrogen-bond donors (Lipinski definition) is 1. The number of aliphatic hydroxyl groups excluding tert-OH is 1. The zero-order chi connectivity index (χ0) is 23.1. The van der Waals surface area contributed by atoms with E-state index in [1.807, 2.05) is 17.9 Å². The van der Waals surface area contributed by atoms with Crippen LogP contribution in [-0.4, -0.2) is 47.0 Å². The summed E-state index contributed by atoms with van der Waals surface area (Å²) >= 11 is 1.78. The number of piperidine rings is 1. The Morgan fingerprint density at radius 2 is 2.09 bits per heavy atom. The Bertz CT molecular complexity index is 1160. The molecular weight excluding hydrogens is 439 g/mol. The van der Waals surface area contributed by atoms with E-state index in [2.05, 4.69) is 4.90 Å². The van der Waals surface area contributed by atoms with Crippen LogP contribution in [0, 0.1) is 5.82 Å². The van der Waals surface area contributed by atoms with E-state index in [1.165, 1.54) is 33.0 Å². The molecule has 3 aromatic rings. The van der Waals surface area contributed by atoms with Crippen molar-refractivity contribution in [1.29, 1.82) is 0 Å². The van der Waals surface area contributed by atoms with E-state index in [0.717, 1.165) is 62.8 Å². The summed E-state index contributed by atoms with van der Waals surface area (Å²) in [6, 6.07) is 4.80. The maximum Gasteiger partial charge on any atom is 0.219 e. The van der Waals surface area contributed by atoms with E-state index >= 15 is 0 Å². The normalized spacial score (nSPS) is 18.6. The summed E-state index contributed by atoms with van der Waals surface area (Å²) in [7, 11) is 0. The van der Waals surface area contributed by atoms with Crippen LogP contribution in [0.3, 0.4) is 0 Å². The Morgan fingerprint density at radius 3 is 2.82 bits per heavy atom. The number of benzene rings is 1. The molecular formula is C26H31FN2O3S. The van der Waals surface area contributed by atoms with Crippen LogP contribution in [0.4, 0.5) is 4.39 Å². The fourth-order valence-electron chi connectivity index (χ4n) is 5.49. The van der Waals surface area contributed by atoms with Gasteiger partial charge in [0.05, 0.1) is 18.9 Å². The van der Waals surface area contributed by atoms with E-state index in [-0.39, 0.29) is 11.7 Å². The first-order valence-corrected chi connectivity index (χ1v) is 12.7. The van der Waals surface area contributed by atoms with Crippen molar-refractivity contribution in [2.45, 2.75) is 58.1 Å². The van der Waals surface area contributed by atoms with E-state index in [0.29, 0.717) is 18.0 Å². The molecule has 176 valence electrons. The predicted molar refractivity (Wildman–Crippen MR) is 128 cm³/mol. The quantitative estimate of drug-likeness (QED) is 0.569. The van der Waals surface area contributed by atoms with Crippen LogP contribution >= 0.6 is 11.3 Å². The summed E-state index contributed by atoms with van der Waals surface area (Å²) in [5, 5.41) is 11.5. The fraction of sp³-hybridized carbons (Fsp3) is 0.500. The molecule has 7 heteroatoms. The number of furan rings is 1. The van der Waals surface area contributed by atoms with Gasteiger partial charge in [-0.05, 0) is 74.9 Å². The topological polar surface area (TPSA) is 56.9 Å². The third-order valence-electron chi connectivity index (χ3n) is 7.29. The van der Waals surface area contributed by atoms with Crippen molar-refractivity contribution in [2.75, 3.05) is 26.2 Å². The number of carbonyl (C=O) groups excluding carboxylic acids is 1. The molecule has 5 nitrogen and oxygen atoms in total. The number of fused-ring (bicyclic) bond motifs is 2. The zero-order valence-electron chi connectivity index (χ0n) is 19.3. The largest absolute Gasteiger partial charge is 0.464 e. The van der Waals surface area contributed by atoms with Crippen molar-refractivity contribution in [2.24, 2.45) is 0 Å². The van der Waals surface area contributed by atoms with E-state index < -0.39 is 6.10 Å². The van der Waals surface area contributed by atoms with Crippen molar-refractivity contribution in [3.05, 3.63) is 56.7 Å². The van der Waals surface area contributed by atoms with Gasteiger partial charge in [-0.15, -0.1) is 11.3 Å². The molecule has 1 aromatic carbocycles. The van der Waals surface area contributed by atoms with Crippen molar-refractivity contribution >= 4 is 28.2 Å². The minimum absolute atomic E-state index is 0.118. The molecule has 2 aliphatic heterocycles. The monoisotopic (exact) mass is 470 g/mol. The van der Waals surface area contributed by atoms with Gasteiger partial charge in [0.2, 0.25) is 5.91 Å². The summed E-state index contributed by atoms with van der Waals surface area (Å²) in [5.41, 5.74) is 4.19. The van der Waals surface area contributed by atoms with Crippen LogP contribution in [0.1, 0.15) is 65.2 Å². The number of aliphatic hydroxyl groups is 1. The lowest BCUT2D eigenvalue weighted by Crippen LogP contribution is -2.34. The molecule has 1 unspecified atom stereocenters. The molecule has 2 aromatic heterocycles. The van der Waals surface area contributed by atoms with Crippen molar-refractivity contribution < 1.29 is 18.7 Å². The highest BCUT2D eigenvalue weighted by Crippen LogP contribution is 2.38. The highest BCUT2D eigenvalue weighted by molar-refractivity contribution is 7.12. The molecule has 0 radical (unpaired) electrons. The third-order valence-corrected chi connectivity index (χ3v) is 8.58. The maximum atomic E-state index is 13.5. The molecule has 0 bridgehead atoms. The number of rotatable bonds is 5. The zero-order valence-corrected chi connectivity index (χ0v) is 20.1. The van der Waals surface area contributed by atoms with Crippen molar-refractivity contribution in [3.8, 4) is 0 Å². The highest BCUT2D eigenvalue weighted by atomic mass is 32.1. The van der Waals surface area contributed by atoms with Gasteiger partial charge in [0.1, 0.15) is 11.4 Å². The van der Waals surface area contributed by atoms with Gasteiger partial charge in [0, 0.05) is 46.8 Å². The lowest BCUT2D eigenvalue weighted by Gasteiger charge is -2.31. The number of likely N-dealkylation sites (tertiary alicyclic amines) is 1. The van der Waals surface area contributed by atoms with Gasteiger partial charge in [-0.25, -0.2) is 4.39 Å². The molecule has 0 spiro atoms. The molecule has 5 rings (SSSR count). The molecule has 1 fully saturated rings. The number of nitrogens with zero attached hydrogens (tertiary/aromatic N) is 2. The summed E-state index contributed by atoms with van der Waals surface area (Å²) in [6.07, 6.45) is 5.21. The summed E-state index contributed by atoms with van der Waals surface area (Å²) in [6.45, 7) is 7.90. The summed E-state index contributed by atoms with van der Waals surface area (Å²) < 4.78 is 19.1. The first-order chi connectivity index (χ1) is 15.9. The van der Waals surface area contributed by atoms with Gasteiger partial charge >= 0.3 is 0 Å². The Balaban J connectivity index is 1.23. The molecule has 4 heterocycles. The Kier molecular flexibility index (Phi) is 6.29. The molecule has 1 atom stereocenters. The molecule has 1 amide bonds. The van der Waals surface area contributed by atoms with E-state index in [9.17, 15) is 14.3 Å². The average Bonchev–Trinajstić information content (AvgIpc) is 3.38. The third kappa shape index (κ3) is 4.46. The molecule has 1 saturated heterocycles. The lowest BCUT2D eigenvalue weighted by atomic mass is 9.89. The standard InChI is InChI=1S/C26H31FN2O3S/c1-16(30)26-21-7-12-29(17(2)31)14-25(21)33-24(26)8-11-28-9-5-18(6-10-28)22-15-32-23-13-19(27)3-4-20(22)23/h3-4,13,15-16,18,30H,5-12,14H2,1-2H3. The van der Waals surface area contributed by atoms with Gasteiger partial charge in [0.15, 0.2) is 0 Å². The van der Waals surface area contributed by atoms with Gasteiger partial charge in [-0.3, -0.25) is 4.79 Å². The van der Waals surface area contributed by atoms with Crippen LogP contribution in [0.5, 0.6) is 0 Å². The summed E-state index contributed by atoms with van der Waals surface area (Å²) in [5.74, 6) is 0.291. The number of thiophene rings is 1. The minimum Gasteiger partial charge on any atom is -0.464 e. The van der Waals surface area contributed by atoms with Crippen molar-refractivity contribution in [1.82, 2.24) is 9.80 Å². The van der Waals surface area contributed by atoms with Gasteiger partial charge in [0.25, 0.3) is 0 Å². The minimum atomic E-state index is -0.478. The number of amides is 1. The first kappa shape index (κ1) is 22.6. The Morgan fingerprint density at radius 1 is 1.30 bits per heavy atom. The van der Waals surface area contributed by atoms with Gasteiger partial charge in [-0.2, -0.15) is 0 Å². The van der Waals surface area contributed by atoms with Crippen LogP contribution < -0.4 is 0 Å². The van der Waals surface area contributed by atoms with Crippen molar-refractivity contribution in [3.63, 3.8) is 0 Å². The molecule has 33 heavy (non-hydrogen) atoms. The Labute approximate surface area is 197 Å². The SMILES string of the molecule is CC(=O)N1CCc2c(sc(CCN3CCC(c4coc5cc(F)ccc45)CC3)c2C(C)O)C1. The van der Waals surface area contributed by atoms with Crippen LogP contribution in [0.2, 0.25) is 0 Å².